The van der Waals surface area contributed by atoms with Crippen molar-refractivity contribution < 1.29 is 4.42 Å². The molecular formula is C59H37NOS. The largest absolute Gasteiger partial charge is 0.455 e. The van der Waals surface area contributed by atoms with Gasteiger partial charge in [0.25, 0.3) is 0 Å². The SMILES string of the molecule is c1ccc(C2(c3ccccc3)c3ccccc3-c3c(N(c4ccc(-c5cccc6ccccc56)cc4)c4cc5sc6ccccc6c5c5oc6ccccc6c45)cccc32)cc1. The zero-order valence-electron chi connectivity index (χ0n) is 33.6. The monoisotopic (exact) mass is 807 g/mol. The topological polar surface area (TPSA) is 16.4 Å². The van der Waals surface area contributed by atoms with Gasteiger partial charge in [-0.25, -0.2) is 0 Å². The summed E-state index contributed by atoms with van der Waals surface area (Å²) in [6.45, 7) is 0. The van der Waals surface area contributed by atoms with Gasteiger partial charge in [0.05, 0.1) is 22.2 Å². The minimum absolute atomic E-state index is 0.540. The average Bonchev–Trinajstić information content (AvgIpc) is 4.01. The lowest BCUT2D eigenvalue weighted by Crippen LogP contribution is -2.28. The molecule has 0 N–H and O–H groups in total. The lowest BCUT2D eigenvalue weighted by Gasteiger charge is -2.34. The van der Waals surface area contributed by atoms with Gasteiger partial charge in [-0.2, -0.15) is 0 Å². The molecule has 0 bridgehead atoms. The molecule has 0 saturated heterocycles. The summed E-state index contributed by atoms with van der Waals surface area (Å²) in [5.41, 5.74) is 14.5. The molecule has 0 spiro atoms. The highest BCUT2D eigenvalue weighted by atomic mass is 32.1. The molecule has 2 heterocycles. The van der Waals surface area contributed by atoms with Crippen LogP contribution in [-0.4, -0.2) is 0 Å². The van der Waals surface area contributed by atoms with Gasteiger partial charge >= 0.3 is 0 Å². The molecule has 1 aliphatic rings. The van der Waals surface area contributed by atoms with E-state index >= 15 is 0 Å². The fraction of sp³-hybridized carbons (Fsp3) is 0.0169. The third kappa shape index (κ3) is 4.97. The Hall–Kier alpha value is -7.72. The molecule has 13 rings (SSSR count). The molecule has 290 valence electrons. The fourth-order valence-corrected chi connectivity index (χ4v) is 11.7. The maximum Gasteiger partial charge on any atom is 0.146 e. The number of hydrogen-bond acceptors (Lipinski definition) is 3. The van der Waals surface area contributed by atoms with Crippen molar-refractivity contribution in [2.24, 2.45) is 0 Å². The second-order valence-corrected chi connectivity index (χ2v) is 17.4. The van der Waals surface area contributed by atoms with Crippen molar-refractivity contribution in [2.45, 2.75) is 5.41 Å². The molecule has 2 nitrogen and oxygen atoms in total. The Labute approximate surface area is 363 Å². The first-order valence-corrected chi connectivity index (χ1v) is 22.1. The number of hydrogen-bond donors (Lipinski definition) is 0. The first-order valence-electron chi connectivity index (χ1n) is 21.3. The van der Waals surface area contributed by atoms with Crippen LogP contribution in [-0.2, 0) is 5.41 Å². The second kappa shape index (κ2) is 13.7. The maximum atomic E-state index is 6.99. The van der Waals surface area contributed by atoms with Crippen molar-refractivity contribution in [1.29, 1.82) is 0 Å². The summed E-state index contributed by atoms with van der Waals surface area (Å²) < 4.78 is 9.43. The summed E-state index contributed by atoms with van der Waals surface area (Å²) in [5, 5.41) is 7.08. The molecule has 1 aliphatic carbocycles. The lowest BCUT2D eigenvalue weighted by molar-refractivity contribution is 0.673. The van der Waals surface area contributed by atoms with Crippen molar-refractivity contribution in [3.8, 4) is 22.3 Å². The molecule has 12 aromatic rings. The molecule has 0 aliphatic heterocycles. The van der Waals surface area contributed by atoms with Crippen LogP contribution < -0.4 is 4.90 Å². The normalized spacial score (nSPS) is 13.0. The summed E-state index contributed by atoms with van der Waals surface area (Å²) in [7, 11) is 0. The van der Waals surface area contributed by atoms with Gasteiger partial charge in [0, 0.05) is 36.8 Å². The molecule has 62 heavy (non-hydrogen) atoms. The van der Waals surface area contributed by atoms with Crippen LogP contribution in [0.15, 0.2) is 229 Å². The highest BCUT2D eigenvalue weighted by Gasteiger charge is 2.47. The van der Waals surface area contributed by atoms with Crippen LogP contribution in [0, 0.1) is 0 Å². The number of fused-ring (bicyclic) bond motifs is 11. The number of rotatable bonds is 6. The van der Waals surface area contributed by atoms with Crippen molar-refractivity contribution in [2.75, 3.05) is 4.90 Å². The van der Waals surface area contributed by atoms with Crippen LogP contribution in [0.3, 0.4) is 0 Å². The van der Waals surface area contributed by atoms with Crippen LogP contribution in [0.1, 0.15) is 22.3 Å². The maximum absolute atomic E-state index is 6.99. The first kappa shape index (κ1) is 35.1. The molecule has 2 aromatic heterocycles. The van der Waals surface area contributed by atoms with E-state index in [1.807, 2.05) is 11.3 Å². The minimum atomic E-state index is -0.540. The third-order valence-electron chi connectivity index (χ3n) is 13.1. The molecule has 0 radical (unpaired) electrons. The highest BCUT2D eigenvalue weighted by Crippen LogP contribution is 2.60. The molecule has 0 amide bonds. The summed E-state index contributed by atoms with van der Waals surface area (Å²) in [4.78, 5) is 2.52. The zero-order chi connectivity index (χ0) is 40.8. The van der Waals surface area contributed by atoms with E-state index in [2.05, 4.69) is 229 Å². The molecular weight excluding hydrogens is 771 g/mol. The van der Waals surface area contributed by atoms with Crippen molar-refractivity contribution in [3.63, 3.8) is 0 Å². The van der Waals surface area contributed by atoms with Gasteiger partial charge in [0.15, 0.2) is 0 Å². The van der Waals surface area contributed by atoms with E-state index in [0.717, 1.165) is 39.0 Å². The number of para-hydroxylation sites is 1. The third-order valence-corrected chi connectivity index (χ3v) is 14.3. The Morgan fingerprint density at radius 1 is 0.419 bits per heavy atom. The Morgan fingerprint density at radius 3 is 1.84 bits per heavy atom. The van der Waals surface area contributed by atoms with Crippen molar-refractivity contribution in [3.05, 3.63) is 247 Å². The molecule has 0 atom stereocenters. The van der Waals surface area contributed by atoms with E-state index in [0.29, 0.717) is 0 Å². The Balaban J connectivity index is 1.15. The van der Waals surface area contributed by atoms with E-state index in [-0.39, 0.29) is 0 Å². The quantitative estimate of drug-likeness (QED) is 0.166. The lowest BCUT2D eigenvalue weighted by atomic mass is 9.68. The Bertz CT molecular complexity index is 3650. The average molecular weight is 808 g/mol. The van der Waals surface area contributed by atoms with Gasteiger partial charge in [-0.3, -0.25) is 0 Å². The van der Waals surface area contributed by atoms with E-state index < -0.39 is 5.41 Å². The van der Waals surface area contributed by atoms with E-state index in [9.17, 15) is 0 Å². The summed E-state index contributed by atoms with van der Waals surface area (Å²) in [6.07, 6.45) is 0. The van der Waals surface area contributed by atoms with Crippen LogP contribution in [0.4, 0.5) is 17.1 Å². The second-order valence-electron chi connectivity index (χ2n) is 16.3. The number of anilines is 3. The van der Waals surface area contributed by atoms with Crippen LogP contribution in [0.25, 0.3) is 75.1 Å². The fourth-order valence-electron chi connectivity index (χ4n) is 10.6. The van der Waals surface area contributed by atoms with Gasteiger partial charge in [-0.05, 0) is 86.1 Å². The Kier molecular flexibility index (Phi) is 7.72. The van der Waals surface area contributed by atoms with E-state index in [1.165, 1.54) is 75.5 Å². The molecule has 0 saturated carbocycles. The van der Waals surface area contributed by atoms with Gasteiger partial charge in [-0.15, -0.1) is 11.3 Å². The highest BCUT2D eigenvalue weighted by molar-refractivity contribution is 7.26. The van der Waals surface area contributed by atoms with Crippen molar-refractivity contribution >= 4 is 81.3 Å². The van der Waals surface area contributed by atoms with E-state index in [1.54, 1.807) is 0 Å². The van der Waals surface area contributed by atoms with Gasteiger partial charge < -0.3 is 9.32 Å². The Morgan fingerprint density at radius 2 is 1.03 bits per heavy atom. The smallest absolute Gasteiger partial charge is 0.146 e. The van der Waals surface area contributed by atoms with Crippen LogP contribution in [0.5, 0.6) is 0 Å². The van der Waals surface area contributed by atoms with Crippen molar-refractivity contribution in [1.82, 2.24) is 0 Å². The zero-order valence-corrected chi connectivity index (χ0v) is 34.4. The van der Waals surface area contributed by atoms with Crippen LogP contribution in [0.2, 0.25) is 0 Å². The predicted octanol–water partition coefficient (Wildman–Crippen LogP) is 16.6. The summed E-state index contributed by atoms with van der Waals surface area (Å²) in [6, 6.07) is 82.3. The molecule has 10 aromatic carbocycles. The number of furan rings is 1. The standard InChI is InChI=1S/C59H37NOS/c1-3-19-40(20-4-1)59(41-21-5-2-6-22-41)48-28-12-9-24-45(48)55-49(59)29-16-30-50(55)60(42-35-33-39(34-36-42)44-27-15-18-38-17-7-8-23-43(38)44)51-37-54-57(47-26-11-14-32-53(47)62-54)58-56(51)46-25-10-13-31-52(46)61-58/h1-37H. The number of nitrogens with zero attached hydrogens (tertiary/aromatic N) is 1. The van der Waals surface area contributed by atoms with Gasteiger partial charge in [-0.1, -0.05) is 188 Å². The summed E-state index contributed by atoms with van der Waals surface area (Å²) in [5.74, 6) is 0. The number of benzene rings is 10. The van der Waals surface area contributed by atoms with Gasteiger partial charge in [0.2, 0.25) is 0 Å². The van der Waals surface area contributed by atoms with Crippen LogP contribution >= 0.6 is 11.3 Å². The number of thiophene rings is 1. The first-order chi connectivity index (χ1) is 30.8. The van der Waals surface area contributed by atoms with E-state index in [4.69, 9.17) is 4.42 Å². The molecule has 0 fully saturated rings. The molecule has 3 heteroatoms. The van der Waals surface area contributed by atoms with Gasteiger partial charge in [0.1, 0.15) is 11.2 Å². The minimum Gasteiger partial charge on any atom is -0.455 e. The summed E-state index contributed by atoms with van der Waals surface area (Å²) >= 11 is 1.83. The predicted molar refractivity (Wildman–Crippen MR) is 262 cm³/mol. The molecule has 0 unspecified atom stereocenters.